The molecule has 0 aliphatic heterocycles. The van der Waals surface area contributed by atoms with Crippen LogP contribution in [0.5, 0.6) is 0 Å². The normalized spacial score (nSPS) is 12.3. The third-order valence-electron chi connectivity index (χ3n) is 1.90. The SMILES string of the molecule is CNc1ncc(Br)c(NCC(C)CO)n1. The van der Waals surface area contributed by atoms with E-state index in [0.29, 0.717) is 12.5 Å². The summed E-state index contributed by atoms with van der Waals surface area (Å²) in [7, 11) is 1.77. The minimum Gasteiger partial charge on any atom is -0.396 e. The summed E-state index contributed by atoms with van der Waals surface area (Å²) in [5.74, 6) is 1.50. The second kappa shape index (κ2) is 5.87. The van der Waals surface area contributed by atoms with Gasteiger partial charge in [0.15, 0.2) is 0 Å². The van der Waals surface area contributed by atoms with Crippen LogP contribution in [0.25, 0.3) is 0 Å². The van der Waals surface area contributed by atoms with Crippen LogP contribution >= 0.6 is 15.9 Å². The Morgan fingerprint density at radius 3 is 2.93 bits per heavy atom. The van der Waals surface area contributed by atoms with Gasteiger partial charge in [-0.3, -0.25) is 0 Å². The van der Waals surface area contributed by atoms with Crippen LogP contribution in [0.3, 0.4) is 0 Å². The number of aromatic nitrogens is 2. The van der Waals surface area contributed by atoms with Crippen LogP contribution in [-0.4, -0.2) is 35.3 Å². The molecule has 1 aromatic heterocycles. The minimum atomic E-state index is 0.161. The Bertz CT molecular complexity index is 321. The maximum atomic E-state index is 8.89. The second-order valence-electron chi connectivity index (χ2n) is 3.31. The fourth-order valence-corrected chi connectivity index (χ4v) is 1.28. The molecule has 84 valence electrons. The molecule has 1 aromatic rings. The molecule has 0 aromatic carbocycles. The number of halogens is 1. The molecule has 6 heteroatoms. The zero-order valence-corrected chi connectivity index (χ0v) is 10.4. The summed E-state index contributed by atoms with van der Waals surface area (Å²) in [6.07, 6.45) is 1.69. The predicted octanol–water partition coefficient (Wildman–Crippen LogP) is 1.32. The van der Waals surface area contributed by atoms with Crippen molar-refractivity contribution in [3.8, 4) is 0 Å². The van der Waals surface area contributed by atoms with E-state index < -0.39 is 0 Å². The first kappa shape index (κ1) is 12.2. The first-order valence-electron chi connectivity index (χ1n) is 4.72. The topological polar surface area (TPSA) is 70.1 Å². The molecule has 1 heterocycles. The highest BCUT2D eigenvalue weighted by atomic mass is 79.9. The summed E-state index contributed by atoms with van der Waals surface area (Å²) >= 11 is 3.35. The van der Waals surface area contributed by atoms with Crippen molar-refractivity contribution in [2.45, 2.75) is 6.92 Å². The van der Waals surface area contributed by atoms with E-state index in [1.165, 1.54) is 0 Å². The lowest BCUT2D eigenvalue weighted by atomic mass is 10.2. The molecule has 1 rings (SSSR count). The van der Waals surface area contributed by atoms with Crippen molar-refractivity contribution in [3.63, 3.8) is 0 Å². The predicted molar refractivity (Wildman–Crippen MR) is 64.0 cm³/mol. The van der Waals surface area contributed by atoms with E-state index in [-0.39, 0.29) is 12.5 Å². The number of aliphatic hydroxyl groups excluding tert-OH is 1. The van der Waals surface area contributed by atoms with Crippen LogP contribution in [0, 0.1) is 5.92 Å². The zero-order chi connectivity index (χ0) is 11.3. The lowest BCUT2D eigenvalue weighted by Crippen LogP contribution is -2.16. The first-order chi connectivity index (χ1) is 7.17. The molecule has 15 heavy (non-hydrogen) atoms. The van der Waals surface area contributed by atoms with E-state index >= 15 is 0 Å². The van der Waals surface area contributed by atoms with Gasteiger partial charge in [0.1, 0.15) is 5.82 Å². The zero-order valence-electron chi connectivity index (χ0n) is 8.79. The standard InChI is InChI=1S/C9H15BrN4O/c1-6(5-15)3-12-8-7(10)4-13-9(11-2)14-8/h4,6,15H,3,5H2,1-2H3,(H2,11,12,13,14). The van der Waals surface area contributed by atoms with Gasteiger partial charge in [0.05, 0.1) is 4.47 Å². The van der Waals surface area contributed by atoms with Crippen LogP contribution < -0.4 is 10.6 Å². The van der Waals surface area contributed by atoms with Crippen molar-refractivity contribution >= 4 is 27.7 Å². The van der Waals surface area contributed by atoms with Crippen LogP contribution in [-0.2, 0) is 0 Å². The third kappa shape index (κ3) is 3.64. The number of anilines is 2. The van der Waals surface area contributed by atoms with Gasteiger partial charge in [-0.2, -0.15) is 4.98 Å². The Labute approximate surface area is 97.5 Å². The van der Waals surface area contributed by atoms with Gasteiger partial charge in [-0.1, -0.05) is 6.92 Å². The van der Waals surface area contributed by atoms with Crippen molar-refractivity contribution in [2.75, 3.05) is 30.8 Å². The van der Waals surface area contributed by atoms with Crippen molar-refractivity contribution in [3.05, 3.63) is 10.7 Å². The van der Waals surface area contributed by atoms with E-state index in [0.717, 1.165) is 10.3 Å². The number of nitrogens with one attached hydrogen (secondary N) is 2. The van der Waals surface area contributed by atoms with Gasteiger partial charge in [0, 0.05) is 26.4 Å². The lowest BCUT2D eigenvalue weighted by molar-refractivity contribution is 0.244. The molecule has 0 saturated heterocycles. The monoisotopic (exact) mass is 274 g/mol. The summed E-state index contributed by atoms with van der Waals surface area (Å²) in [6, 6.07) is 0. The molecule has 0 fully saturated rings. The fraction of sp³-hybridized carbons (Fsp3) is 0.556. The summed E-state index contributed by atoms with van der Waals surface area (Å²) in [5, 5.41) is 14.9. The smallest absolute Gasteiger partial charge is 0.224 e. The number of aliphatic hydroxyl groups is 1. The summed E-state index contributed by atoms with van der Waals surface area (Å²) in [4.78, 5) is 8.28. The van der Waals surface area contributed by atoms with Gasteiger partial charge in [-0.05, 0) is 21.8 Å². The Morgan fingerprint density at radius 2 is 2.33 bits per heavy atom. The molecule has 0 bridgehead atoms. The Kier molecular flexibility index (Phi) is 4.77. The van der Waals surface area contributed by atoms with Crippen LogP contribution in [0.4, 0.5) is 11.8 Å². The molecule has 0 amide bonds. The number of hydrogen-bond donors (Lipinski definition) is 3. The quantitative estimate of drug-likeness (QED) is 0.756. The Morgan fingerprint density at radius 1 is 1.60 bits per heavy atom. The fourth-order valence-electron chi connectivity index (χ4n) is 0.947. The van der Waals surface area contributed by atoms with Gasteiger partial charge in [-0.25, -0.2) is 4.98 Å². The largest absolute Gasteiger partial charge is 0.396 e. The second-order valence-corrected chi connectivity index (χ2v) is 4.16. The first-order valence-corrected chi connectivity index (χ1v) is 5.51. The number of hydrogen-bond acceptors (Lipinski definition) is 5. The highest BCUT2D eigenvalue weighted by molar-refractivity contribution is 9.10. The van der Waals surface area contributed by atoms with Gasteiger partial charge in [0.2, 0.25) is 5.95 Å². The molecule has 5 nitrogen and oxygen atoms in total. The van der Waals surface area contributed by atoms with Gasteiger partial charge >= 0.3 is 0 Å². The maximum Gasteiger partial charge on any atom is 0.224 e. The van der Waals surface area contributed by atoms with E-state index in [2.05, 4.69) is 36.5 Å². The van der Waals surface area contributed by atoms with Crippen molar-refractivity contribution in [2.24, 2.45) is 5.92 Å². The molecular weight excluding hydrogens is 260 g/mol. The summed E-state index contributed by atoms with van der Waals surface area (Å²) < 4.78 is 0.812. The third-order valence-corrected chi connectivity index (χ3v) is 2.48. The van der Waals surface area contributed by atoms with Crippen LogP contribution in [0.15, 0.2) is 10.7 Å². The average molecular weight is 275 g/mol. The summed E-state index contributed by atoms with van der Waals surface area (Å²) in [6.45, 7) is 2.80. The molecule has 1 unspecified atom stereocenters. The number of rotatable bonds is 5. The van der Waals surface area contributed by atoms with Gasteiger partial charge in [0.25, 0.3) is 0 Å². The van der Waals surface area contributed by atoms with E-state index in [1.54, 1.807) is 13.2 Å². The molecule has 3 N–H and O–H groups in total. The number of nitrogens with zero attached hydrogens (tertiary/aromatic N) is 2. The lowest BCUT2D eigenvalue weighted by Gasteiger charge is -2.11. The summed E-state index contributed by atoms with van der Waals surface area (Å²) in [5.41, 5.74) is 0. The van der Waals surface area contributed by atoms with Crippen LogP contribution in [0.2, 0.25) is 0 Å². The van der Waals surface area contributed by atoms with E-state index in [9.17, 15) is 0 Å². The van der Waals surface area contributed by atoms with Crippen molar-refractivity contribution in [1.29, 1.82) is 0 Å². The molecule has 0 saturated carbocycles. The molecule has 0 radical (unpaired) electrons. The highest BCUT2D eigenvalue weighted by Crippen LogP contribution is 2.19. The van der Waals surface area contributed by atoms with Crippen molar-refractivity contribution in [1.82, 2.24) is 9.97 Å². The van der Waals surface area contributed by atoms with Gasteiger partial charge in [-0.15, -0.1) is 0 Å². The average Bonchev–Trinajstić information content (AvgIpc) is 2.27. The van der Waals surface area contributed by atoms with Gasteiger partial charge < -0.3 is 15.7 Å². The van der Waals surface area contributed by atoms with E-state index in [1.807, 2.05) is 6.92 Å². The maximum absolute atomic E-state index is 8.89. The minimum absolute atomic E-state index is 0.161. The molecule has 0 aliphatic rings. The molecular formula is C9H15BrN4O. The van der Waals surface area contributed by atoms with E-state index in [4.69, 9.17) is 5.11 Å². The molecule has 1 atom stereocenters. The Hall–Kier alpha value is -0.880. The molecule has 0 spiro atoms. The molecule has 0 aliphatic carbocycles. The van der Waals surface area contributed by atoms with Crippen LogP contribution in [0.1, 0.15) is 6.92 Å². The highest BCUT2D eigenvalue weighted by Gasteiger charge is 2.05. The Balaban J connectivity index is 2.66. The van der Waals surface area contributed by atoms with Crippen molar-refractivity contribution < 1.29 is 5.11 Å².